The number of aliphatic hydroxyl groups is 1. The Bertz CT molecular complexity index is 1330. The maximum atomic E-state index is 12.4. The van der Waals surface area contributed by atoms with Gasteiger partial charge in [0.05, 0.1) is 12.7 Å². The van der Waals surface area contributed by atoms with Crippen LogP contribution in [0, 0.1) is 12.8 Å². The molecule has 1 heterocycles. The van der Waals surface area contributed by atoms with Gasteiger partial charge in [0.25, 0.3) is 5.56 Å². The predicted molar refractivity (Wildman–Crippen MR) is 144 cm³/mol. The first-order valence-corrected chi connectivity index (χ1v) is 12.8. The SMILES string of the molecule is Cc1cn([C@@H]2CC[C@@H](COC(c3ccccc3)(c3ccccc3)c3ccccc3)[C@H](O)C2)c(=O)[nH]c1=O. The standard InChI is InChI=1S/C31H32N2O4/c1-22-20-33(30(36)32-29(22)35)27-18-17-23(28(34)19-27)21-37-31(24-11-5-2-6-12-24,25-13-7-3-8-14-25)26-15-9-4-10-16-26/h2-16,20,23,27-28,34H,17-19,21H2,1H3,(H,32,35,36)/t23-,27+,28+/m0/s1. The highest BCUT2D eigenvalue weighted by Gasteiger charge is 2.40. The van der Waals surface area contributed by atoms with Crippen LogP contribution in [0.25, 0.3) is 0 Å². The van der Waals surface area contributed by atoms with Gasteiger partial charge in [0.2, 0.25) is 0 Å². The Morgan fingerprint density at radius 2 is 1.38 bits per heavy atom. The van der Waals surface area contributed by atoms with E-state index >= 15 is 0 Å². The van der Waals surface area contributed by atoms with Crippen LogP contribution in [0.3, 0.4) is 0 Å². The van der Waals surface area contributed by atoms with Crippen molar-refractivity contribution in [3.8, 4) is 0 Å². The Labute approximate surface area is 216 Å². The summed E-state index contributed by atoms with van der Waals surface area (Å²) in [6, 6.07) is 30.4. The molecule has 190 valence electrons. The van der Waals surface area contributed by atoms with Crippen LogP contribution >= 0.6 is 0 Å². The third kappa shape index (κ3) is 4.95. The average molecular weight is 497 g/mol. The van der Waals surface area contributed by atoms with Crippen molar-refractivity contribution in [2.24, 2.45) is 5.92 Å². The lowest BCUT2D eigenvalue weighted by Crippen LogP contribution is -2.41. The number of hydrogen-bond donors (Lipinski definition) is 2. The van der Waals surface area contributed by atoms with Gasteiger partial charge in [0, 0.05) is 23.7 Å². The Balaban J connectivity index is 1.44. The summed E-state index contributed by atoms with van der Waals surface area (Å²) < 4.78 is 8.48. The van der Waals surface area contributed by atoms with Gasteiger partial charge in [-0.1, -0.05) is 91.0 Å². The molecule has 0 saturated heterocycles. The van der Waals surface area contributed by atoms with Crippen LogP contribution in [0.5, 0.6) is 0 Å². The zero-order chi connectivity index (χ0) is 25.8. The molecule has 6 nitrogen and oxygen atoms in total. The molecular formula is C31H32N2O4. The number of aryl methyl sites for hydroxylation is 1. The first kappa shape index (κ1) is 24.9. The maximum Gasteiger partial charge on any atom is 0.328 e. The molecule has 0 radical (unpaired) electrons. The number of hydrogen-bond acceptors (Lipinski definition) is 4. The summed E-state index contributed by atoms with van der Waals surface area (Å²) in [7, 11) is 0. The fraction of sp³-hybridized carbons (Fsp3) is 0.290. The van der Waals surface area contributed by atoms with Gasteiger partial charge in [-0.25, -0.2) is 4.79 Å². The van der Waals surface area contributed by atoms with Crippen molar-refractivity contribution in [3.05, 3.63) is 140 Å². The van der Waals surface area contributed by atoms with Crippen LogP contribution in [-0.4, -0.2) is 27.4 Å². The molecule has 1 fully saturated rings. The van der Waals surface area contributed by atoms with Crippen molar-refractivity contribution in [1.82, 2.24) is 9.55 Å². The van der Waals surface area contributed by atoms with Crippen LogP contribution in [0.2, 0.25) is 0 Å². The molecular weight excluding hydrogens is 464 g/mol. The lowest BCUT2D eigenvalue weighted by Gasteiger charge is -2.39. The van der Waals surface area contributed by atoms with Crippen LogP contribution in [0.1, 0.15) is 47.6 Å². The molecule has 2 N–H and O–H groups in total. The molecule has 5 rings (SSSR count). The van der Waals surface area contributed by atoms with Gasteiger partial charge in [-0.3, -0.25) is 14.3 Å². The number of nitrogens with one attached hydrogen (secondary N) is 1. The summed E-state index contributed by atoms with van der Waals surface area (Å²) in [5.41, 5.74) is 1.90. The van der Waals surface area contributed by atoms with Crippen molar-refractivity contribution >= 4 is 0 Å². The highest BCUT2D eigenvalue weighted by atomic mass is 16.5. The number of aromatic nitrogens is 2. The highest BCUT2D eigenvalue weighted by molar-refractivity contribution is 5.47. The maximum absolute atomic E-state index is 12.4. The number of benzene rings is 3. The van der Waals surface area contributed by atoms with Crippen molar-refractivity contribution < 1.29 is 9.84 Å². The smallest absolute Gasteiger partial charge is 0.328 e. The van der Waals surface area contributed by atoms with E-state index in [1.807, 2.05) is 54.6 Å². The predicted octanol–water partition coefficient (Wildman–Crippen LogP) is 4.56. The Morgan fingerprint density at radius 3 is 1.86 bits per heavy atom. The molecule has 37 heavy (non-hydrogen) atoms. The van der Waals surface area contributed by atoms with E-state index in [4.69, 9.17) is 4.74 Å². The van der Waals surface area contributed by atoms with Crippen LogP contribution in [0.4, 0.5) is 0 Å². The molecule has 0 spiro atoms. The van der Waals surface area contributed by atoms with Crippen molar-refractivity contribution in [2.45, 2.75) is 43.9 Å². The minimum Gasteiger partial charge on any atom is -0.393 e. The van der Waals surface area contributed by atoms with Gasteiger partial charge >= 0.3 is 5.69 Å². The summed E-state index contributed by atoms with van der Waals surface area (Å²) >= 11 is 0. The van der Waals surface area contributed by atoms with Crippen LogP contribution in [0.15, 0.2) is 107 Å². The molecule has 3 aromatic carbocycles. The van der Waals surface area contributed by atoms with E-state index in [0.717, 1.165) is 16.7 Å². The Hall–Kier alpha value is -3.74. The minimum absolute atomic E-state index is 0.0914. The fourth-order valence-electron chi connectivity index (χ4n) is 5.49. The van der Waals surface area contributed by atoms with Gasteiger partial charge in [-0.05, 0) is 42.9 Å². The first-order chi connectivity index (χ1) is 18.0. The van der Waals surface area contributed by atoms with Gasteiger partial charge in [0.15, 0.2) is 0 Å². The van der Waals surface area contributed by atoms with Crippen LogP contribution < -0.4 is 11.2 Å². The lowest BCUT2D eigenvalue weighted by molar-refractivity contribution is -0.0556. The second-order valence-electron chi connectivity index (χ2n) is 9.86. The molecule has 1 saturated carbocycles. The quantitative estimate of drug-likeness (QED) is 0.368. The van der Waals surface area contributed by atoms with Crippen molar-refractivity contribution in [3.63, 3.8) is 0 Å². The minimum atomic E-state index is -0.840. The summed E-state index contributed by atoms with van der Waals surface area (Å²) in [5.74, 6) is -0.0914. The van der Waals surface area contributed by atoms with E-state index in [1.165, 1.54) is 0 Å². The van der Waals surface area contributed by atoms with E-state index in [9.17, 15) is 14.7 Å². The normalized spacial score (nSPS) is 20.0. The van der Waals surface area contributed by atoms with Crippen molar-refractivity contribution in [1.29, 1.82) is 0 Å². The molecule has 6 heteroatoms. The third-order valence-electron chi connectivity index (χ3n) is 7.52. The summed E-state index contributed by atoms with van der Waals surface area (Å²) in [5, 5.41) is 11.2. The van der Waals surface area contributed by atoms with E-state index in [1.54, 1.807) is 17.7 Å². The number of rotatable bonds is 7. The zero-order valence-electron chi connectivity index (χ0n) is 20.9. The molecule has 0 aliphatic heterocycles. The number of aliphatic hydroxyl groups excluding tert-OH is 1. The molecule has 3 atom stereocenters. The number of nitrogens with zero attached hydrogens (tertiary/aromatic N) is 1. The molecule has 0 bridgehead atoms. The summed E-state index contributed by atoms with van der Waals surface area (Å²) in [6.07, 6.45) is 2.80. The monoisotopic (exact) mass is 496 g/mol. The molecule has 0 amide bonds. The number of ether oxygens (including phenoxy) is 1. The lowest BCUT2D eigenvalue weighted by atomic mass is 9.79. The van der Waals surface area contributed by atoms with Gasteiger partial charge in [-0.15, -0.1) is 0 Å². The molecule has 1 aromatic heterocycles. The largest absolute Gasteiger partial charge is 0.393 e. The number of H-pyrrole nitrogens is 1. The summed E-state index contributed by atoms with van der Waals surface area (Å²) in [6.45, 7) is 2.03. The zero-order valence-corrected chi connectivity index (χ0v) is 20.9. The average Bonchev–Trinajstić information content (AvgIpc) is 2.93. The third-order valence-corrected chi connectivity index (χ3v) is 7.52. The molecule has 1 aliphatic carbocycles. The number of aromatic amines is 1. The van der Waals surface area contributed by atoms with Crippen LogP contribution in [-0.2, 0) is 10.3 Å². The topological polar surface area (TPSA) is 84.3 Å². The highest BCUT2D eigenvalue weighted by Crippen LogP contribution is 2.42. The van der Waals surface area contributed by atoms with Gasteiger partial charge in [0.1, 0.15) is 5.60 Å². The molecule has 1 aliphatic rings. The molecule has 4 aromatic rings. The van der Waals surface area contributed by atoms with Gasteiger partial charge < -0.3 is 9.84 Å². The Morgan fingerprint density at radius 1 is 0.865 bits per heavy atom. The van der Waals surface area contributed by atoms with E-state index in [-0.39, 0.29) is 17.5 Å². The summed E-state index contributed by atoms with van der Waals surface area (Å²) in [4.78, 5) is 26.6. The fourth-order valence-corrected chi connectivity index (χ4v) is 5.49. The molecule has 0 unspecified atom stereocenters. The Kier molecular flexibility index (Phi) is 7.22. The first-order valence-electron chi connectivity index (χ1n) is 12.8. The van der Waals surface area contributed by atoms with Gasteiger partial charge in [-0.2, -0.15) is 0 Å². The second-order valence-corrected chi connectivity index (χ2v) is 9.86. The van der Waals surface area contributed by atoms with E-state index < -0.39 is 17.4 Å². The second kappa shape index (κ2) is 10.7. The van der Waals surface area contributed by atoms with E-state index in [2.05, 4.69) is 41.4 Å². The van der Waals surface area contributed by atoms with E-state index in [0.29, 0.717) is 31.4 Å². The van der Waals surface area contributed by atoms with Crippen molar-refractivity contribution in [2.75, 3.05) is 6.61 Å².